The first-order valence-corrected chi connectivity index (χ1v) is 9.79. The summed E-state index contributed by atoms with van der Waals surface area (Å²) in [5.74, 6) is 0. The van der Waals surface area contributed by atoms with Crippen LogP contribution in [0.5, 0.6) is 0 Å². The molecule has 0 heterocycles. The molecule has 0 radical (unpaired) electrons. The van der Waals surface area contributed by atoms with Crippen molar-refractivity contribution in [3.63, 3.8) is 0 Å². The van der Waals surface area contributed by atoms with Crippen molar-refractivity contribution in [2.24, 2.45) is 0 Å². The lowest BCUT2D eigenvalue weighted by atomic mass is 10.3. The highest BCUT2D eigenvalue weighted by Crippen LogP contribution is 2.39. The zero-order valence-corrected chi connectivity index (χ0v) is 13.3. The number of hydrogen-bond donors (Lipinski definition) is 3. The minimum Gasteiger partial charge on any atom is -0.396 e. The van der Waals surface area contributed by atoms with Crippen LogP contribution < -0.4 is 0 Å². The second kappa shape index (κ2) is 16.4. The van der Waals surface area contributed by atoms with Crippen LogP contribution in [-0.2, 0) is 0 Å². The molecule has 0 aromatic carbocycles. The van der Waals surface area contributed by atoms with Crippen molar-refractivity contribution >= 4 is 7.92 Å². The van der Waals surface area contributed by atoms with Gasteiger partial charge in [-0.3, -0.25) is 0 Å². The summed E-state index contributed by atoms with van der Waals surface area (Å²) in [7, 11) is 0.145. The van der Waals surface area contributed by atoms with Crippen molar-refractivity contribution in [2.75, 3.05) is 38.3 Å². The lowest BCUT2D eigenvalue weighted by Crippen LogP contribution is -1.98. The zero-order chi connectivity index (χ0) is 14.2. The second-order valence-corrected chi connectivity index (χ2v) is 7.88. The summed E-state index contributed by atoms with van der Waals surface area (Å²) in [6, 6.07) is 0. The molecule has 0 aromatic heterocycles. The van der Waals surface area contributed by atoms with E-state index in [1.165, 1.54) is 37.7 Å². The minimum atomic E-state index is 0.145. The predicted octanol–water partition coefficient (Wildman–Crippen LogP) is 2.96. The van der Waals surface area contributed by atoms with E-state index in [1.54, 1.807) is 0 Å². The van der Waals surface area contributed by atoms with E-state index in [1.807, 2.05) is 0 Å². The maximum atomic E-state index is 8.79. The Hall–Kier alpha value is 0.310. The topological polar surface area (TPSA) is 60.7 Å². The molecule has 0 rings (SSSR count). The monoisotopic (exact) mass is 292 g/mol. The molecule has 0 aliphatic carbocycles. The molecule has 0 aliphatic rings. The van der Waals surface area contributed by atoms with E-state index in [0.717, 1.165) is 38.5 Å². The Balaban J connectivity index is 3.66. The zero-order valence-electron chi connectivity index (χ0n) is 12.4. The second-order valence-electron chi connectivity index (χ2n) is 5.19. The summed E-state index contributed by atoms with van der Waals surface area (Å²) in [5, 5.41) is 26.4. The van der Waals surface area contributed by atoms with E-state index >= 15 is 0 Å². The van der Waals surface area contributed by atoms with Gasteiger partial charge in [-0.1, -0.05) is 19.3 Å². The molecule has 0 unspecified atom stereocenters. The van der Waals surface area contributed by atoms with Gasteiger partial charge in [-0.25, -0.2) is 0 Å². The Labute approximate surface area is 120 Å². The van der Waals surface area contributed by atoms with Crippen molar-refractivity contribution in [1.82, 2.24) is 0 Å². The number of aliphatic hydroxyl groups is 3. The molecule has 0 aromatic rings. The molecule has 3 N–H and O–H groups in total. The molecule has 0 spiro atoms. The normalized spacial score (nSPS) is 11.4. The molecular formula is C15H33O3P. The van der Waals surface area contributed by atoms with Gasteiger partial charge in [0.2, 0.25) is 0 Å². The summed E-state index contributed by atoms with van der Waals surface area (Å²) in [6.07, 6.45) is 14.1. The van der Waals surface area contributed by atoms with Gasteiger partial charge in [-0.15, -0.1) is 7.92 Å². The van der Waals surface area contributed by atoms with Crippen molar-refractivity contribution < 1.29 is 15.3 Å². The maximum absolute atomic E-state index is 8.79. The lowest BCUT2D eigenvalue weighted by Gasteiger charge is -2.17. The van der Waals surface area contributed by atoms with Gasteiger partial charge >= 0.3 is 0 Å². The van der Waals surface area contributed by atoms with E-state index < -0.39 is 0 Å². The molecule has 0 saturated carbocycles. The molecule has 0 atom stereocenters. The molecule has 0 bridgehead atoms. The molecule has 0 amide bonds. The fraction of sp³-hybridized carbons (Fsp3) is 1.00. The van der Waals surface area contributed by atoms with Crippen molar-refractivity contribution in [1.29, 1.82) is 0 Å². The minimum absolute atomic E-state index is 0.145. The Morgan fingerprint density at radius 3 is 1.00 bits per heavy atom. The molecule has 0 aliphatic heterocycles. The van der Waals surface area contributed by atoms with E-state index in [0.29, 0.717) is 19.8 Å². The Morgan fingerprint density at radius 2 is 0.737 bits per heavy atom. The van der Waals surface area contributed by atoms with Gasteiger partial charge in [-0.2, -0.15) is 0 Å². The maximum Gasteiger partial charge on any atom is 0.0431 e. The number of unbranched alkanes of at least 4 members (excludes halogenated alkanes) is 6. The molecule has 116 valence electrons. The molecule has 19 heavy (non-hydrogen) atoms. The van der Waals surface area contributed by atoms with Crippen LogP contribution in [-0.4, -0.2) is 53.6 Å². The summed E-state index contributed by atoms with van der Waals surface area (Å²) < 4.78 is 0. The van der Waals surface area contributed by atoms with Gasteiger partial charge in [0, 0.05) is 19.8 Å². The first kappa shape index (κ1) is 19.3. The highest BCUT2D eigenvalue weighted by molar-refractivity contribution is 7.57. The summed E-state index contributed by atoms with van der Waals surface area (Å²) >= 11 is 0. The summed E-state index contributed by atoms with van der Waals surface area (Å²) in [6.45, 7) is 0.973. The van der Waals surface area contributed by atoms with Crippen molar-refractivity contribution in [2.45, 2.75) is 57.8 Å². The summed E-state index contributed by atoms with van der Waals surface area (Å²) in [5.41, 5.74) is 0. The van der Waals surface area contributed by atoms with Crippen molar-refractivity contribution in [3.05, 3.63) is 0 Å². The van der Waals surface area contributed by atoms with Crippen molar-refractivity contribution in [3.8, 4) is 0 Å². The standard InChI is InChI=1S/C15H33O3P/c16-10-4-1-7-13-19(14-8-2-5-11-17)15-9-3-6-12-18/h16-18H,1-15H2. The predicted molar refractivity (Wildman–Crippen MR) is 84.3 cm³/mol. The van der Waals surface area contributed by atoms with Crippen LogP contribution in [0, 0.1) is 0 Å². The van der Waals surface area contributed by atoms with Crippen LogP contribution in [0.2, 0.25) is 0 Å². The molecule has 0 fully saturated rings. The van der Waals surface area contributed by atoms with E-state index in [4.69, 9.17) is 15.3 Å². The third-order valence-electron chi connectivity index (χ3n) is 3.40. The molecule has 0 saturated heterocycles. The van der Waals surface area contributed by atoms with Crippen LogP contribution in [0.4, 0.5) is 0 Å². The van der Waals surface area contributed by atoms with E-state index in [9.17, 15) is 0 Å². The van der Waals surface area contributed by atoms with Crippen LogP contribution >= 0.6 is 7.92 Å². The van der Waals surface area contributed by atoms with E-state index in [2.05, 4.69) is 0 Å². The fourth-order valence-corrected chi connectivity index (χ4v) is 4.89. The summed E-state index contributed by atoms with van der Waals surface area (Å²) in [4.78, 5) is 0. The van der Waals surface area contributed by atoms with Crippen LogP contribution in [0.3, 0.4) is 0 Å². The average Bonchev–Trinajstić information content (AvgIpc) is 2.43. The number of rotatable bonds is 15. The van der Waals surface area contributed by atoms with Gasteiger partial charge in [0.05, 0.1) is 0 Å². The highest BCUT2D eigenvalue weighted by atomic mass is 31.1. The number of aliphatic hydroxyl groups excluding tert-OH is 3. The van der Waals surface area contributed by atoms with Crippen LogP contribution in [0.25, 0.3) is 0 Å². The van der Waals surface area contributed by atoms with Gasteiger partial charge in [0.15, 0.2) is 0 Å². The van der Waals surface area contributed by atoms with E-state index in [-0.39, 0.29) is 7.92 Å². The van der Waals surface area contributed by atoms with Gasteiger partial charge in [0.1, 0.15) is 0 Å². The largest absolute Gasteiger partial charge is 0.396 e. The molecule has 4 heteroatoms. The molecule has 3 nitrogen and oxygen atoms in total. The quantitative estimate of drug-likeness (QED) is 0.321. The Morgan fingerprint density at radius 1 is 0.421 bits per heavy atom. The SMILES string of the molecule is OCCCCCP(CCCCCO)CCCCCO. The molecular weight excluding hydrogens is 259 g/mol. The van der Waals surface area contributed by atoms with Crippen LogP contribution in [0.15, 0.2) is 0 Å². The Bertz CT molecular complexity index is 139. The highest BCUT2D eigenvalue weighted by Gasteiger charge is 2.07. The average molecular weight is 292 g/mol. The smallest absolute Gasteiger partial charge is 0.0431 e. The Kier molecular flexibility index (Phi) is 16.6. The number of hydrogen-bond acceptors (Lipinski definition) is 3. The third kappa shape index (κ3) is 14.5. The first-order chi connectivity index (χ1) is 9.35. The van der Waals surface area contributed by atoms with Crippen LogP contribution in [0.1, 0.15) is 57.8 Å². The fourth-order valence-electron chi connectivity index (χ4n) is 2.21. The third-order valence-corrected chi connectivity index (χ3v) is 6.24. The van der Waals surface area contributed by atoms with Gasteiger partial charge < -0.3 is 15.3 Å². The van der Waals surface area contributed by atoms with Gasteiger partial charge in [-0.05, 0) is 57.0 Å². The van der Waals surface area contributed by atoms with Gasteiger partial charge in [0.25, 0.3) is 0 Å². The first-order valence-electron chi connectivity index (χ1n) is 7.90. The lowest BCUT2D eigenvalue weighted by molar-refractivity contribution is 0.284.